The highest BCUT2D eigenvalue weighted by Gasteiger charge is 2.35. The fourth-order valence-corrected chi connectivity index (χ4v) is 3.60. The maximum absolute atomic E-state index is 13.2. The molecule has 126 valence electrons. The van der Waals surface area contributed by atoms with E-state index in [0.29, 0.717) is 32.1 Å². The van der Waals surface area contributed by atoms with Gasteiger partial charge in [0.15, 0.2) is 0 Å². The maximum atomic E-state index is 13.2. The standard InChI is InChI=1S/C19H26FNO2/c1-14(15-2-3-15)12-18(22)21-13-19(8-10-23-11-9-19)16-4-6-17(20)7-5-16/h4-7,14-15H,2-3,8-13H2,1H3,(H,21,22)/t14-/m1/s1. The van der Waals surface area contributed by atoms with Gasteiger partial charge in [0.25, 0.3) is 0 Å². The molecule has 3 nitrogen and oxygen atoms in total. The summed E-state index contributed by atoms with van der Waals surface area (Å²) in [7, 11) is 0. The first kappa shape index (κ1) is 16.4. The average molecular weight is 319 g/mol. The Morgan fingerprint density at radius 1 is 1.30 bits per heavy atom. The molecule has 2 aliphatic rings. The van der Waals surface area contributed by atoms with Crippen molar-refractivity contribution >= 4 is 5.91 Å². The fraction of sp³-hybridized carbons (Fsp3) is 0.632. The zero-order chi connectivity index (χ0) is 16.3. The van der Waals surface area contributed by atoms with Crippen molar-refractivity contribution in [1.82, 2.24) is 5.32 Å². The molecule has 1 saturated carbocycles. The van der Waals surface area contributed by atoms with E-state index in [1.54, 1.807) is 0 Å². The van der Waals surface area contributed by atoms with E-state index in [-0.39, 0.29) is 17.1 Å². The van der Waals surface area contributed by atoms with E-state index in [0.717, 1.165) is 24.3 Å². The average Bonchev–Trinajstić information content (AvgIpc) is 3.39. The Morgan fingerprint density at radius 3 is 2.57 bits per heavy atom. The second kappa shape index (κ2) is 7.00. The van der Waals surface area contributed by atoms with Crippen molar-refractivity contribution in [2.75, 3.05) is 19.8 Å². The normalized spacial score (nSPS) is 21.7. The Kier molecular flexibility index (Phi) is 5.00. The SMILES string of the molecule is C[C@H](CC(=O)NCC1(c2ccc(F)cc2)CCOCC1)C1CC1. The molecular weight excluding hydrogens is 293 g/mol. The van der Waals surface area contributed by atoms with Crippen LogP contribution in [0.5, 0.6) is 0 Å². The topological polar surface area (TPSA) is 38.3 Å². The number of rotatable bonds is 6. The van der Waals surface area contributed by atoms with Crippen LogP contribution in [0.4, 0.5) is 4.39 Å². The number of carbonyl (C=O) groups excluding carboxylic acids is 1. The summed E-state index contributed by atoms with van der Waals surface area (Å²) in [6, 6.07) is 6.70. The molecular formula is C19H26FNO2. The van der Waals surface area contributed by atoms with Gasteiger partial charge in [0.05, 0.1) is 0 Å². The van der Waals surface area contributed by atoms with Gasteiger partial charge in [-0.1, -0.05) is 19.1 Å². The molecule has 1 aromatic rings. The summed E-state index contributed by atoms with van der Waals surface area (Å²) in [4.78, 5) is 12.3. The van der Waals surface area contributed by atoms with Gasteiger partial charge in [-0.25, -0.2) is 4.39 Å². The summed E-state index contributed by atoms with van der Waals surface area (Å²) in [5.41, 5.74) is 0.961. The van der Waals surface area contributed by atoms with Crippen molar-refractivity contribution in [1.29, 1.82) is 0 Å². The van der Waals surface area contributed by atoms with Crippen LogP contribution in [0.15, 0.2) is 24.3 Å². The molecule has 1 aromatic carbocycles. The monoisotopic (exact) mass is 319 g/mol. The molecule has 1 aliphatic carbocycles. The first-order valence-electron chi connectivity index (χ1n) is 8.70. The van der Waals surface area contributed by atoms with Gasteiger partial charge in [-0.15, -0.1) is 0 Å². The summed E-state index contributed by atoms with van der Waals surface area (Å²) in [5, 5.41) is 3.13. The quantitative estimate of drug-likeness (QED) is 0.872. The Morgan fingerprint density at radius 2 is 1.96 bits per heavy atom. The summed E-state index contributed by atoms with van der Waals surface area (Å²) in [5.74, 6) is 1.14. The van der Waals surface area contributed by atoms with Crippen LogP contribution in [0.2, 0.25) is 0 Å². The molecule has 0 spiro atoms. The van der Waals surface area contributed by atoms with Gasteiger partial charge in [-0.3, -0.25) is 4.79 Å². The third-order valence-electron chi connectivity index (χ3n) is 5.46. The van der Waals surface area contributed by atoms with Crippen molar-refractivity contribution in [3.63, 3.8) is 0 Å². The zero-order valence-corrected chi connectivity index (χ0v) is 13.8. The van der Waals surface area contributed by atoms with Crippen LogP contribution in [-0.4, -0.2) is 25.7 Å². The predicted octanol–water partition coefficient (Wildman–Crippen LogP) is 3.43. The first-order chi connectivity index (χ1) is 11.1. The van der Waals surface area contributed by atoms with Crippen molar-refractivity contribution in [2.24, 2.45) is 11.8 Å². The molecule has 1 aliphatic heterocycles. The summed E-state index contributed by atoms with van der Waals surface area (Å²) in [6.45, 7) is 4.15. The van der Waals surface area contributed by atoms with E-state index in [1.807, 2.05) is 12.1 Å². The maximum Gasteiger partial charge on any atom is 0.220 e. The van der Waals surface area contributed by atoms with Crippen molar-refractivity contribution in [3.05, 3.63) is 35.6 Å². The van der Waals surface area contributed by atoms with Crippen LogP contribution in [0.3, 0.4) is 0 Å². The molecule has 1 saturated heterocycles. The van der Waals surface area contributed by atoms with Gasteiger partial charge >= 0.3 is 0 Å². The van der Waals surface area contributed by atoms with E-state index in [4.69, 9.17) is 4.74 Å². The highest BCUT2D eigenvalue weighted by Crippen LogP contribution is 2.38. The van der Waals surface area contributed by atoms with Gasteiger partial charge in [-0.05, 0) is 55.2 Å². The number of halogens is 1. The van der Waals surface area contributed by atoms with Crippen LogP contribution in [0.25, 0.3) is 0 Å². The molecule has 3 rings (SSSR count). The number of hydrogen-bond acceptors (Lipinski definition) is 2. The van der Waals surface area contributed by atoms with Crippen molar-refractivity contribution < 1.29 is 13.9 Å². The lowest BCUT2D eigenvalue weighted by Gasteiger charge is -2.38. The first-order valence-corrected chi connectivity index (χ1v) is 8.70. The van der Waals surface area contributed by atoms with Gasteiger partial charge in [0.2, 0.25) is 5.91 Å². The molecule has 0 bridgehead atoms. The number of nitrogens with one attached hydrogen (secondary N) is 1. The van der Waals surface area contributed by atoms with E-state index in [9.17, 15) is 9.18 Å². The fourth-order valence-electron chi connectivity index (χ4n) is 3.60. The largest absolute Gasteiger partial charge is 0.381 e. The minimum Gasteiger partial charge on any atom is -0.381 e. The second-order valence-corrected chi connectivity index (χ2v) is 7.20. The third kappa shape index (κ3) is 4.11. The molecule has 0 aromatic heterocycles. The van der Waals surface area contributed by atoms with Gasteiger partial charge in [-0.2, -0.15) is 0 Å². The summed E-state index contributed by atoms with van der Waals surface area (Å²) < 4.78 is 18.7. The number of benzene rings is 1. The minimum absolute atomic E-state index is 0.134. The van der Waals surface area contributed by atoms with Gasteiger partial charge in [0, 0.05) is 31.6 Å². The molecule has 1 amide bonds. The number of amides is 1. The molecule has 2 fully saturated rings. The lowest BCUT2D eigenvalue weighted by atomic mass is 9.74. The lowest BCUT2D eigenvalue weighted by molar-refractivity contribution is -0.122. The number of ether oxygens (including phenoxy) is 1. The summed E-state index contributed by atoms with van der Waals surface area (Å²) in [6.07, 6.45) is 4.87. The molecule has 23 heavy (non-hydrogen) atoms. The number of carbonyl (C=O) groups is 1. The number of hydrogen-bond donors (Lipinski definition) is 1. The zero-order valence-electron chi connectivity index (χ0n) is 13.8. The highest BCUT2D eigenvalue weighted by molar-refractivity contribution is 5.76. The Labute approximate surface area is 137 Å². The van der Waals surface area contributed by atoms with Gasteiger partial charge < -0.3 is 10.1 Å². The highest BCUT2D eigenvalue weighted by atomic mass is 19.1. The summed E-state index contributed by atoms with van der Waals surface area (Å²) >= 11 is 0. The van der Waals surface area contributed by atoms with E-state index in [2.05, 4.69) is 12.2 Å². The molecule has 0 unspecified atom stereocenters. The van der Waals surface area contributed by atoms with E-state index >= 15 is 0 Å². The van der Waals surface area contributed by atoms with Crippen LogP contribution in [0, 0.1) is 17.7 Å². The Balaban J connectivity index is 1.64. The lowest BCUT2D eigenvalue weighted by Crippen LogP contribution is -2.44. The Hall–Kier alpha value is -1.42. The van der Waals surface area contributed by atoms with Crippen LogP contribution in [-0.2, 0) is 14.9 Å². The Bertz CT molecular complexity index is 533. The molecule has 4 heteroatoms. The van der Waals surface area contributed by atoms with Crippen LogP contribution in [0.1, 0.15) is 44.6 Å². The van der Waals surface area contributed by atoms with Gasteiger partial charge in [0.1, 0.15) is 5.82 Å². The van der Waals surface area contributed by atoms with E-state index < -0.39 is 0 Å². The smallest absolute Gasteiger partial charge is 0.220 e. The second-order valence-electron chi connectivity index (χ2n) is 7.20. The van der Waals surface area contributed by atoms with Crippen molar-refractivity contribution in [2.45, 2.75) is 44.4 Å². The van der Waals surface area contributed by atoms with Crippen LogP contribution >= 0.6 is 0 Å². The molecule has 1 heterocycles. The van der Waals surface area contributed by atoms with Crippen LogP contribution < -0.4 is 5.32 Å². The molecule has 1 N–H and O–H groups in total. The third-order valence-corrected chi connectivity index (χ3v) is 5.46. The van der Waals surface area contributed by atoms with E-state index in [1.165, 1.54) is 25.0 Å². The molecule has 1 atom stereocenters. The minimum atomic E-state index is -0.224. The predicted molar refractivity (Wildman–Crippen MR) is 87.6 cm³/mol. The molecule has 0 radical (unpaired) electrons. The van der Waals surface area contributed by atoms with Crippen molar-refractivity contribution in [3.8, 4) is 0 Å².